The lowest BCUT2D eigenvalue weighted by molar-refractivity contribution is 0.0947. The van der Waals surface area contributed by atoms with Crippen LogP contribution in [0.2, 0.25) is 0 Å². The zero-order chi connectivity index (χ0) is 14.5. The van der Waals surface area contributed by atoms with E-state index in [0.29, 0.717) is 29.5 Å². The Morgan fingerprint density at radius 3 is 2.45 bits per heavy atom. The van der Waals surface area contributed by atoms with Crippen LogP contribution >= 0.6 is 0 Å². The van der Waals surface area contributed by atoms with Gasteiger partial charge in [0.05, 0.1) is 14.2 Å². The highest BCUT2D eigenvalue weighted by Crippen LogP contribution is 2.22. The molecule has 5 nitrogen and oxygen atoms in total. The Morgan fingerprint density at radius 2 is 1.95 bits per heavy atom. The molecule has 0 aliphatic carbocycles. The van der Waals surface area contributed by atoms with Crippen molar-refractivity contribution in [3.8, 4) is 11.5 Å². The van der Waals surface area contributed by atoms with E-state index in [2.05, 4.69) is 17.3 Å². The summed E-state index contributed by atoms with van der Waals surface area (Å²) in [7, 11) is 5.25. The Kier molecular flexibility index (Phi) is 4.84. The van der Waals surface area contributed by atoms with Gasteiger partial charge >= 0.3 is 0 Å². The summed E-state index contributed by atoms with van der Waals surface area (Å²) in [5.41, 5.74) is 0.563. The van der Waals surface area contributed by atoms with Crippen LogP contribution in [-0.2, 0) is 0 Å². The number of nitrogens with one attached hydrogen (secondary N) is 1. The Bertz CT molecular complexity index is 454. The highest BCUT2D eigenvalue weighted by molar-refractivity contribution is 5.95. The molecule has 1 aliphatic rings. The van der Waals surface area contributed by atoms with Crippen molar-refractivity contribution < 1.29 is 14.3 Å². The Hall–Kier alpha value is -1.75. The second-order valence-electron chi connectivity index (χ2n) is 5.23. The molecule has 1 unspecified atom stereocenters. The highest BCUT2D eigenvalue weighted by atomic mass is 16.5. The molecule has 20 heavy (non-hydrogen) atoms. The summed E-state index contributed by atoms with van der Waals surface area (Å²) < 4.78 is 10.3. The number of hydrogen-bond donors (Lipinski definition) is 1. The van der Waals surface area contributed by atoms with Crippen LogP contribution in [0.1, 0.15) is 16.8 Å². The summed E-state index contributed by atoms with van der Waals surface area (Å²) in [6.07, 6.45) is 1.14. The Morgan fingerprint density at radius 1 is 1.30 bits per heavy atom. The van der Waals surface area contributed by atoms with Crippen LogP contribution in [0.25, 0.3) is 0 Å². The first-order valence-electron chi connectivity index (χ1n) is 6.82. The molecule has 2 rings (SSSR count). The maximum Gasteiger partial charge on any atom is 0.251 e. The third-order valence-corrected chi connectivity index (χ3v) is 3.65. The van der Waals surface area contributed by atoms with Crippen molar-refractivity contribution in [2.75, 3.05) is 40.9 Å². The van der Waals surface area contributed by atoms with Gasteiger partial charge in [-0.15, -0.1) is 0 Å². The number of likely N-dealkylation sites (tertiary alicyclic amines) is 1. The Balaban J connectivity index is 1.97. The predicted molar refractivity (Wildman–Crippen MR) is 77.5 cm³/mol. The van der Waals surface area contributed by atoms with Crippen molar-refractivity contribution in [2.45, 2.75) is 6.42 Å². The molecule has 0 radical (unpaired) electrons. The summed E-state index contributed by atoms with van der Waals surface area (Å²) in [5, 5.41) is 2.99. The standard InChI is InChI=1S/C15H22N2O3/c1-17-5-4-11(10-17)9-16-15(18)12-6-13(19-2)8-14(7-12)20-3/h6-8,11H,4-5,9-10H2,1-3H3,(H,16,18). The van der Waals surface area contributed by atoms with E-state index < -0.39 is 0 Å². The molecule has 0 aromatic heterocycles. The molecular formula is C15H22N2O3. The van der Waals surface area contributed by atoms with E-state index in [1.807, 2.05) is 0 Å². The fraction of sp³-hybridized carbons (Fsp3) is 0.533. The van der Waals surface area contributed by atoms with Crippen LogP contribution in [0.3, 0.4) is 0 Å². The number of carbonyl (C=O) groups is 1. The minimum Gasteiger partial charge on any atom is -0.497 e. The van der Waals surface area contributed by atoms with Gasteiger partial charge in [-0.1, -0.05) is 0 Å². The van der Waals surface area contributed by atoms with Gasteiger partial charge in [-0.2, -0.15) is 0 Å². The van der Waals surface area contributed by atoms with Crippen molar-refractivity contribution in [1.29, 1.82) is 0 Å². The topological polar surface area (TPSA) is 50.8 Å². The second-order valence-corrected chi connectivity index (χ2v) is 5.23. The normalized spacial score (nSPS) is 18.9. The molecule has 1 saturated heterocycles. The van der Waals surface area contributed by atoms with Crippen LogP contribution in [0.5, 0.6) is 11.5 Å². The largest absolute Gasteiger partial charge is 0.497 e. The van der Waals surface area contributed by atoms with Crippen LogP contribution in [0.15, 0.2) is 18.2 Å². The molecule has 1 aromatic rings. The van der Waals surface area contributed by atoms with Crippen LogP contribution in [0.4, 0.5) is 0 Å². The monoisotopic (exact) mass is 278 g/mol. The van der Waals surface area contributed by atoms with Crippen LogP contribution in [0, 0.1) is 5.92 Å². The van der Waals surface area contributed by atoms with E-state index in [0.717, 1.165) is 19.5 Å². The number of rotatable bonds is 5. The zero-order valence-corrected chi connectivity index (χ0v) is 12.3. The number of nitrogens with zero attached hydrogens (tertiary/aromatic N) is 1. The number of carbonyl (C=O) groups excluding carboxylic acids is 1. The summed E-state index contributed by atoms with van der Waals surface area (Å²) in [4.78, 5) is 14.5. The third-order valence-electron chi connectivity index (χ3n) is 3.65. The van der Waals surface area contributed by atoms with Gasteiger partial charge in [0.25, 0.3) is 5.91 Å². The smallest absolute Gasteiger partial charge is 0.251 e. The molecule has 1 heterocycles. The van der Waals surface area contributed by atoms with Crippen LogP contribution in [-0.4, -0.2) is 51.7 Å². The van der Waals surface area contributed by atoms with E-state index >= 15 is 0 Å². The molecule has 5 heteroatoms. The van der Waals surface area contributed by atoms with Crippen molar-refractivity contribution >= 4 is 5.91 Å². The van der Waals surface area contributed by atoms with E-state index in [9.17, 15) is 4.79 Å². The molecule has 1 N–H and O–H groups in total. The fourth-order valence-electron chi connectivity index (χ4n) is 2.47. The number of hydrogen-bond acceptors (Lipinski definition) is 4. The molecule has 1 amide bonds. The average Bonchev–Trinajstić information content (AvgIpc) is 2.89. The third kappa shape index (κ3) is 3.63. The van der Waals surface area contributed by atoms with Gasteiger partial charge in [-0.25, -0.2) is 0 Å². The molecule has 110 valence electrons. The molecule has 1 aromatic carbocycles. The quantitative estimate of drug-likeness (QED) is 0.884. The maximum atomic E-state index is 12.2. The molecule has 1 fully saturated rings. The number of methoxy groups -OCH3 is 2. The summed E-state index contributed by atoms with van der Waals surface area (Å²) >= 11 is 0. The first kappa shape index (κ1) is 14.7. The first-order chi connectivity index (χ1) is 9.62. The second kappa shape index (κ2) is 6.61. The van der Waals surface area contributed by atoms with E-state index in [-0.39, 0.29) is 5.91 Å². The zero-order valence-electron chi connectivity index (χ0n) is 12.3. The van der Waals surface area contributed by atoms with Crippen molar-refractivity contribution in [1.82, 2.24) is 10.2 Å². The van der Waals surface area contributed by atoms with E-state index in [1.54, 1.807) is 32.4 Å². The molecule has 1 atom stereocenters. The predicted octanol–water partition coefficient (Wildman–Crippen LogP) is 1.39. The first-order valence-corrected chi connectivity index (χ1v) is 6.82. The number of benzene rings is 1. The van der Waals surface area contributed by atoms with Gasteiger partial charge in [0.15, 0.2) is 0 Å². The maximum absolute atomic E-state index is 12.2. The lowest BCUT2D eigenvalue weighted by Crippen LogP contribution is -2.30. The van der Waals surface area contributed by atoms with Gasteiger partial charge < -0.3 is 19.7 Å². The molecule has 1 aliphatic heterocycles. The lowest BCUT2D eigenvalue weighted by Gasteiger charge is -2.13. The van der Waals surface area contributed by atoms with Gasteiger partial charge in [-0.05, 0) is 38.1 Å². The summed E-state index contributed by atoms with van der Waals surface area (Å²) in [5.74, 6) is 1.69. The van der Waals surface area contributed by atoms with Gasteiger partial charge in [0, 0.05) is 24.7 Å². The number of amides is 1. The van der Waals surface area contributed by atoms with Gasteiger partial charge in [0.1, 0.15) is 11.5 Å². The van der Waals surface area contributed by atoms with Crippen molar-refractivity contribution in [2.24, 2.45) is 5.92 Å². The van der Waals surface area contributed by atoms with Crippen molar-refractivity contribution in [3.05, 3.63) is 23.8 Å². The molecular weight excluding hydrogens is 256 g/mol. The van der Waals surface area contributed by atoms with Crippen molar-refractivity contribution in [3.63, 3.8) is 0 Å². The fourth-order valence-corrected chi connectivity index (χ4v) is 2.47. The Labute approximate surface area is 119 Å². The number of ether oxygens (including phenoxy) is 2. The van der Waals surface area contributed by atoms with Gasteiger partial charge in [-0.3, -0.25) is 4.79 Å². The van der Waals surface area contributed by atoms with E-state index in [1.165, 1.54) is 0 Å². The summed E-state index contributed by atoms with van der Waals surface area (Å²) in [6.45, 7) is 2.86. The minimum atomic E-state index is -0.0863. The lowest BCUT2D eigenvalue weighted by atomic mass is 10.1. The molecule has 0 spiro atoms. The van der Waals surface area contributed by atoms with Crippen LogP contribution < -0.4 is 14.8 Å². The SMILES string of the molecule is COc1cc(OC)cc(C(=O)NCC2CCN(C)C2)c1. The van der Waals surface area contributed by atoms with E-state index in [4.69, 9.17) is 9.47 Å². The summed E-state index contributed by atoms with van der Waals surface area (Å²) in [6, 6.07) is 5.19. The van der Waals surface area contributed by atoms with Gasteiger partial charge in [0.2, 0.25) is 0 Å². The molecule has 0 bridgehead atoms. The highest BCUT2D eigenvalue weighted by Gasteiger charge is 2.20. The average molecular weight is 278 g/mol. The molecule has 0 saturated carbocycles. The minimum absolute atomic E-state index is 0.0863.